The van der Waals surface area contributed by atoms with Gasteiger partial charge in [0.1, 0.15) is 5.82 Å². The monoisotopic (exact) mass is 279 g/mol. The van der Waals surface area contributed by atoms with E-state index >= 15 is 0 Å². The van der Waals surface area contributed by atoms with Gasteiger partial charge in [0.2, 0.25) is 0 Å². The van der Waals surface area contributed by atoms with E-state index in [4.69, 9.17) is 4.74 Å². The number of hydrogen-bond acceptors (Lipinski definition) is 2. The van der Waals surface area contributed by atoms with Crippen molar-refractivity contribution < 1.29 is 9.13 Å². The highest BCUT2D eigenvalue weighted by molar-refractivity contribution is 5.27. The van der Waals surface area contributed by atoms with E-state index in [1.54, 1.807) is 6.07 Å². The highest BCUT2D eigenvalue weighted by atomic mass is 19.1. The molecular weight excluding hydrogens is 253 g/mol. The Morgan fingerprint density at radius 2 is 2.10 bits per heavy atom. The lowest BCUT2D eigenvalue weighted by molar-refractivity contribution is -0.0291. The Morgan fingerprint density at radius 3 is 2.75 bits per heavy atom. The molecule has 2 rings (SSSR count). The second-order valence-corrected chi connectivity index (χ2v) is 5.79. The van der Waals surface area contributed by atoms with Crippen LogP contribution in [0.4, 0.5) is 4.39 Å². The van der Waals surface area contributed by atoms with Crippen LogP contribution in [-0.4, -0.2) is 19.3 Å². The number of aryl methyl sites for hydroxylation is 1. The molecule has 2 nitrogen and oxygen atoms in total. The average Bonchev–Trinajstić information content (AvgIpc) is 2.38. The average molecular weight is 279 g/mol. The third-order valence-electron chi connectivity index (χ3n) is 4.14. The molecule has 0 aromatic heterocycles. The van der Waals surface area contributed by atoms with Gasteiger partial charge in [-0.3, -0.25) is 0 Å². The molecule has 1 atom stereocenters. The Morgan fingerprint density at radius 1 is 1.35 bits per heavy atom. The number of hydrogen-bond donors (Lipinski definition) is 1. The van der Waals surface area contributed by atoms with Crippen LogP contribution in [-0.2, 0) is 4.74 Å². The minimum absolute atomic E-state index is 0.0952. The predicted molar refractivity (Wildman–Crippen MR) is 80.3 cm³/mol. The summed E-state index contributed by atoms with van der Waals surface area (Å²) in [5, 5.41) is 3.43. The van der Waals surface area contributed by atoms with Crippen LogP contribution in [0.25, 0.3) is 0 Å². The van der Waals surface area contributed by atoms with E-state index in [2.05, 4.69) is 12.2 Å². The van der Waals surface area contributed by atoms with Crippen molar-refractivity contribution in [2.75, 3.05) is 13.2 Å². The Bertz CT molecular complexity index is 429. The smallest absolute Gasteiger partial charge is 0.127 e. The van der Waals surface area contributed by atoms with Gasteiger partial charge in [-0.1, -0.05) is 24.6 Å². The normalized spacial score (nSPS) is 23.4. The van der Waals surface area contributed by atoms with E-state index in [1.165, 1.54) is 0 Å². The van der Waals surface area contributed by atoms with E-state index in [9.17, 15) is 4.39 Å². The number of ether oxygens (including phenoxy) is 1. The number of nitrogens with one attached hydrogen (secondary N) is 1. The molecule has 1 unspecified atom stereocenters. The summed E-state index contributed by atoms with van der Waals surface area (Å²) in [5.41, 5.74) is 1.93. The molecule has 1 aliphatic rings. The Kier molecular flexibility index (Phi) is 5.55. The van der Waals surface area contributed by atoms with Crippen LogP contribution in [0.2, 0.25) is 0 Å². The first-order chi connectivity index (χ1) is 9.63. The maximum Gasteiger partial charge on any atom is 0.127 e. The fourth-order valence-electron chi connectivity index (χ4n) is 3.07. The molecule has 1 aliphatic carbocycles. The molecular formula is C17H26FNO. The molecule has 0 spiro atoms. The topological polar surface area (TPSA) is 21.3 Å². The largest absolute Gasteiger partial charge is 0.378 e. The Balaban J connectivity index is 1.99. The molecule has 20 heavy (non-hydrogen) atoms. The van der Waals surface area contributed by atoms with Crippen LogP contribution in [0, 0.1) is 18.7 Å². The van der Waals surface area contributed by atoms with Crippen molar-refractivity contribution in [1.82, 2.24) is 5.32 Å². The number of halogens is 1. The lowest BCUT2D eigenvalue weighted by Crippen LogP contribution is -2.35. The second-order valence-electron chi connectivity index (χ2n) is 5.79. The van der Waals surface area contributed by atoms with Crippen LogP contribution in [0.3, 0.4) is 0 Å². The summed E-state index contributed by atoms with van der Waals surface area (Å²) in [6.07, 6.45) is 3.65. The van der Waals surface area contributed by atoms with Gasteiger partial charge in [-0.15, -0.1) is 0 Å². The Labute approximate surface area is 121 Å². The maximum atomic E-state index is 14.0. The number of rotatable bonds is 7. The molecule has 0 saturated heterocycles. The van der Waals surface area contributed by atoms with Crippen molar-refractivity contribution in [1.29, 1.82) is 0 Å². The molecule has 0 aliphatic heterocycles. The summed E-state index contributed by atoms with van der Waals surface area (Å²) >= 11 is 0. The first-order valence-electron chi connectivity index (χ1n) is 7.75. The summed E-state index contributed by atoms with van der Waals surface area (Å²) in [7, 11) is 0. The molecule has 0 amide bonds. The van der Waals surface area contributed by atoms with Crippen molar-refractivity contribution in [3.63, 3.8) is 0 Å². The van der Waals surface area contributed by atoms with Crippen LogP contribution in [0.15, 0.2) is 18.2 Å². The van der Waals surface area contributed by atoms with Crippen LogP contribution >= 0.6 is 0 Å². The van der Waals surface area contributed by atoms with Crippen molar-refractivity contribution in [3.05, 3.63) is 35.1 Å². The highest BCUT2D eigenvalue weighted by Crippen LogP contribution is 2.37. The summed E-state index contributed by atoms with van der Waals surface area (Å²) < 4.78 is 19.7. The van der Waals surface area contributed by atoms with Gasteiger partial charge in [-0.25, -0.2) is 4.39 Å². The first kappa shape index (κ1) is 15.5. The molecule has 0 bridgehead atoms. The fourth-order valence-corrected chi connectivity index (χ4v) is 3.07. The summed E-state index contributed by atoms with van der Waals surface area (Å²) in [6, 6.07) is 5.50. The fraction of sp³-hybridized carbons (Fsp3) is 0.647. The van der Waals surface area contributed by atoms with Gasteiger partial charge in [0.05, 0.1) is 6.10 Å². The van der Waals surface area contributed by atoms with E-state index in [0.717, 1.165) is 43.5 Å². The van der Waals surface area contributed by atoms with Crippen molar-refractivity contribution in [2.24, 2.45) is 5.92 Å². The lowest BCUT2D eigenvalue weighted by Gasteiger charge is -2.37. The van der Waals surface area contributed by atoms with Crippen LogP contribution in [0.5, 0.6) is 0 Å². The maximum absolute atomic E-state index is 14.0. The third-order valence-corrected chi connectivity index (χ3v) is 4.14. The van der Waals surface area contributed by atoms with Gasteiger partial charge in [0.15, 0.2) is 0 Å². The van der Waals surface area contributed by atoms with E-state index < -0.39 is 0 Å². The zero-order valence-corrected chi connectivity index (χ0v) is 12.8. The van der Waals surface area contributed by atoms with Crippen LogP contribution in [0.1, 0.15) is 50.3 Å². The highest BCUT2D eigenvalue weighted by Gasteiger charge is 2.32. The van der Waals surface area contributed by atoms with Gasteiger partial charge in [0.25, 0.3) is 0 Å². The SMILES string of the molecule is CCNC(CC1CC(OCC)C1)c1cc(C)ccc1F. The minimum Gasteiger partial charge on any atom is -0.378 e. The van der Waals surface area contributed by atoms with E-state index in [0.29, 0.717) is 12.0 Å². The predicted octanol–water partition coefficient (Wildman–Crippen LogP) is 3.99. The van der Waals surface area contributed by atoms with E-state index in [-0.39, 0.29) is 11.9 Å². The standard InChI is InChI=1S/C17H26FNO/c1-4-19-17(11-13-9-14(10-13)20-5-2)15-8-12(3)6-7-16(15)18/h6-8,13-14,17,19H,4-5,9-11H2,1-3H3. The molecule has 1 fully saturated rings. The Hall–Kier alpha value is -0.930. The van der Waals surface area contributed by atoms with Crippen molar-refractivity contribution in [3.8, 4) is 0 Å². The molecule has 0 heterocycles. The van der Waals surface area contributed by atoms with Crippen molar-refractivity contribution in [2.45, 2.75) is 52.2 Å². The molecule has 1 aromatic carbocycles. The van der Waals surface area contributed by atoms with Crippen molar-refractivity contribution >= 4 is 0 Å². The molecule has 1 saturated carbocycles. The summed E-state index contributed by atoms with van der Waals surface area (Å²) in [5.74, 6) is 0.553. The van der Waals surface area contributed by atoms with Gasteiger partial charge in [-0.2, -0.15) is 0 Å². The zero-order valence-electron chi connectivity index (χ0n) is 12.8. The van der Waals surface area contributed by atoms with Crippen LogP contribution < -0.4 is 5.32 Å². The molecule has 112 valence electrons. The van der Waals surface area contributed by atoms with Gasteiger partial charge in [-0.05, 0) is 51.6 Å². The molecule has 1 N–H and O–H groups in total. The quantitative estimate of drug-likeness (QED) is 0.815. The summed E-state index contributed by atoms with van der Waals surface area (Å²) in [6.45, 7) is 7.78. The summed E-state index contributed by atoms with van der Waals surface area (Å²) in [4.78, 5) is 0. The lowest BCUT2D eigenvalue weighted by atomic mass is 9.77. The minimum atomic E-state index is -0.0952. The van der Waals surface area contributed by atoms with Gasteiger partial charge in [0, 0.05) is 18.2 Å². The molecule has 3 heteroatoms. The first-order valence-corrected chi connectivity index (χ1v) is 7.75. The zero-order chi connectivity index (χ0) is 14.5. The van der Waals surface area contributed by atoms with Gasteiger partial charge >= 0.3 is 0 Å². The molecule has 0 radical (unpaired) electrons. The van der Waals surface area contributed by atoms with Gasteiger partial charge < -0.3 is 10.1 Å². The second kappa shape index (κ2) is 7.19. The molecule has 1 aromatic rings. The third kappa shape index (κ3) is 3.80. The number of benzene rings is 1. The van der Waals surface area contributed by atoms with E-state index in [1.807, 2.05) is 26.0 Å².